The molecule has 454 valence electrons. The van der Waals surface area contributed by atoms with Crippen molar-refractivity contribution in [1.82, 2.24) is 0 Å². The third-order valence-electron chi connectivity index (χ3n) is 12.5. The summed E-state index contributed by atoms with van der Waals surface area (Å²) in [5.74, 6) is -1.56. The zero-order valence-corrected chi connectivity index (χ0v) is 51.1. The van der Waals surface area contributed by atoms with Crippen LogP contribution < -0.4 is 0 Å². The van der Waals surface area contributed by atoms with Gasteiger partial charge >= 0.3 is 25.7 Å². The normalized spacial score (nSPS) is 14.2. The average Bonchev–Trinajstić information content (AvgIpc) is 3.45. The monoisotopic (exact) mass is 1130 g/mol. The summed E-state index contributed by atoms with van der Waals surface area (Å²) in [6.45, 7) is 4.31. The first-order valence-corrected chi connectivity index (χ1v) is 32.6. The Labute approximate surface area is 487 Å². The van der Waals surface area contributed by atoms with Gasteiger partial charge in [-0.1, -0.05) is 219 Å². The lowest BCUT2D eigenvalue weighted by atomic mass is 10.1. The van der Waals surface area contributed by atoms with Crippen LogP contribution in [0.15, 0.2) is 134 Å². The minimum Gasteiger partial charge on any atom is -0.462 e. The van der Waals surface area contributed by atoms with Gasteiger partial charge in [0, 0.05) is 19.3 Å². The molecule has 0 aliphatic rings. The predicted octanol–water partition coefficient (Wildman–Crippen LogP) is 18.9. The highest BCUT2D eigenvalue weighted by molar-refractivity contribution is 7.47. The molecule has 3 unspecified atom stereocenters. The molecule has 0 aromatic rings. The molecule has 0 bridgehead atoms. The van der Waals surface area contributed by atoms with E-state index in [9.17, 15) is 28.9 Å². The van der Waals surface area contributed by atoms with E-state index in [1.54, 1.807) is 0 Å². The average molecular weight is 1140 g/mol. The Morgan fingerprint density at radius 2 is 0.650 bits per heavy atom. The second-order valence-corrected chi connectivity index (χ2v) is 21.6. The number of esters is 3. The minimum atomic E-state index is -4.78. The Kier molecular flexibility index (Phi) is 57.4. The zero-order valence-electron chi connectivity index (χ0n) is 50.2. The molecule has 0 spiro atoms. The number of carbonyl (C=O) groups is 3. The van der Waals surface area contributed by atoms with E-state index in [4.69, 9.17) is 23.3 Å². The van der Waals surface area contributed by atoms with Crippen LogP contribution in [0.25, 0.3) is 0 Å². The van der Waals surface area contributed by atoms with Crippen LogP contribution in [0.4, 0.5) is 0 Å². The molecule has 0 aromatic heterocycles. The summed E-state index contributed by atoms with van der Waals surface area (Å²) in [5, 5.41) is 9.85. The molecule has 0 saturated heterocycles. The number of carbonyl (C=O) groups excluding carboxylic acids is 3. The van der Waals surface area contributed by atoms with E-state index in [0.29, 0.717) is 19.3 Å². The van der Waals surface area contributed by atoms with Gasteiger partial charge in [-0.2, -0.15) is 0 Å². The molecule has 80 heavy (non-hydrogen) atoms. The van der Waals surface area contributed by atoms with Crippen molar-refractivity contribution in [2.24, 2.45) is 0 Å². The molecule has 0 rings (SSSR count). The molecule has 0 saturated carbocycles. The number of unbranched alkanes of at least 4 members (excludes halogenated alkanes) is 17. The van der Waals surface area contributed by atoms with Gasteiger partial charge in [-0.05, 0) is 135 Å². The summed E-state index contributed by atoms with van der Waals surface area (Å²) >= 11 is 0. The molecule has 0 fully saturated rings. The highest BCUT2D eigenvalue weighted by atomic mass is 31.2. The number of aliphatic hydroxyl groups excluding tert-OH is 1. The van der Waals surface area contributed by atoms with Crippen molar-refractivity contribution < 1.29 is 52.2 Å². The van der Waals surface area contributed by atoms with Gasteiger partial charge in [0.1, 0.15) is 12.7 Å². The maximum absolute atomic E-state index is 12.9. The van der Waals surface area contributed by atoms with E-state index in [-0.39, 0.29) is 25.9 Å². The van der Waals surface area contributed by atoms with Gasteiger partial charge in [-0.3, -0.25) is 23.4 Å². The number of ether oxygens (including phenoxy) is 3. The summed E-state index contributed by atoms with van der Waals surface area (Å²) < 4.78 is 39.6. The van der Waals surface area contributed by atoms with Gasteiger partial charge in [0.25, 0.3) is 0 Å². The molecule has 0 aliphatic heterocycles. The zero-order chi connectivity index (χ0) is 58.3. The Morgan fingerprint density at radius 3 is 1.02 bits per heavy atom. The van der Waals surface area contributed by atoms with E-state index in [0.717, 1.165) is 154 Å². The fourth-order valence-corrected chi connectivity index (χ4v) is 8.66. The number of phosphoric acid groups is 1. The highest BCUT2D eigenvalue weighted by Gasteiger charge is 2.28. The Morgan fingerprint density at radius 1 is 0.362 bits per heavy atom. The van der Waals surface area contributed by atoms with Crippen molar-refractivity contribution in [2.75, 3.05) is 26.4 Å². The third-order valence-corrected chi connectivity index (χ3v) is 13.5. The van der Waals surface area contributed by atoms with Crippen LogP contribution in [0.3, 0.4) is 0 Å². The van der Waals surface area contributed by atoms with Crippen LogP contribution in [0.1, 0.15) is 239 Å². The van der Waals surface area contributed by atoms with Gasteiger partial charge in [0.05, 0.1) is 19.8 Å². The van der Waals surface area contributed by atoms with Crippen LogP contribution in [-0.2, 0) is 42.2 Å². The molecule has 0 radical (unpaired) electrons. The van der Waals surface area contributed by atoms with Crippen molar-refractivity contribution in [2.45, 2.75) is 251 Å². The molecule has 12 heteroatoms. The minimum absolute atomic E-state index is 0.134. The topological polar surface area (TPSA) is 155 Å². The second-order valence-electron chi connectivity index (χ2n) is 20.1. The summed E-state index contributed by atoms with van der Waals surface area (Å²) in [7, 11) is -4.78. The fraction of sp³-hybridized carbons (Fsp3) is 0.632. The maximum atomic E-state index is 12.9. The van der Waals surface area contributed by atoms with Gasteiger partial charge in [0.15, 0.2) is 6.10 Å². The number of rotatable bonds is 56. The predicted molar refractivity (Wildman–Crippen MR) is 334 cm³/mol. The van der Waals surface area contributed by atoms with Crippen molar-refractivity contribution in [3.05, 3.63) is 134 Å². The lowest BCUT2D eigenvalue weighted by molar-refractivity contribution is -0.161. The summed E-state index contributed by atoms with van der Waals surface area (Å²) in [6.07, 6.45) is 76.9. The maximum Gasteiger partial charge on any atom is 0.472 e. The SMILES string of the molecule is CC/C=C\C/C=C\C/C=C\C/C=C\CCCCCCCCC(=O)OC(COC(=O)CCCC/C=C\C/C=C\C/C=C\C/C=C\CC)COP(=O)(O)OCC(CO)OC(=O)CCCCCCCC/C=C\C/C=C\C/C=C\CCCCC. The first-order chi connectivity index (χ1) is 39.2. The van der Waals surface area contributed by atoms with E-state index in [2.05, 4.69) is 154 Å². The molecular weight excluding hydrogens is 1020 g/mol. The summed E-state index contributed by atoms with van der Waals surface area (Å²) in [6, 6.07) is 0. The number of hydrogen-bond donors (Lipinski definition) is 2. The molecule has 0 amide bonds. The van der Waals surface area contributed by atoms with E-state index < -0.39 is 57.8 Å². The van der Waals surface area contributed by atoms with Crippen LogP contribution in [0.2, 0.25) is 0 Å². The third kappa shape index (κ3) is 58.3. The molecule has 0 aromatic carbocycles. The van der Waals surface area contributed by atoms with Crippen LogP contribution >= 0.6 is 7.82 Å². The first-order valence-electron chi connectivity index (χ1n) is 31.1. The molecule has 2 N–H and O–H groups in total. The molecule has 0 heterocycles. The highest BCUT2D eigenvalue weighted by Crippen LogP contribution is 2.43. The summed E-state index contributed by atoms with van der Waals surface area (Å²) in [4.78, 5) is 48.7. The van der Waals surface area contributed by atoms with Gasteiger partial charge in [-0.25, -0.2) is 4.57 Å². The largest absolute Gasteiger partial charge is 0.472 e. The number of allylic oxidation sites excluding steroid dienone is 22. The first kappa shape index (κ1) is 75.6. The van der Waals surface area contributed by atoms with E-state index in [1.165, 1.54) is 25.7 Å². The lowest BCUT2D eigenvalue weighted by Gasteiger charge is -2.21. The van der Waals surface area contributed by atoms with Gasteiger partial charge in [-0.15, -0.1) is 0 Å². The van der Waals surface area contributed by atoms with E-state index >= 15 is 0 Å². The van der Waals surface area contributed by atoms with E-state index in [1.807, 2.05) is 0 Å². The molecule has 3 atom stereocenters. The van der Waals surface area contributed by atoms with Crippen LogP contribution in [-0.4, -0.2) is 66.5 Å². The molecular formula is C68H111O11P. The second kappa shape index (κ2) is 60.7. The number of phosphoric ester groups is 1. The summed E-state index contributed by atoms with van der Waals surface area (Å²) in [5.41, 5.74) is 0. The molecule has 0 aliphatic carbocycles. The number of aliphatic hydroxyl groups is 1. The Bertz CT molecular complexity index is 1850. The molecule has 11 nitrogen and oxygen atoms in total. The fourth-order valence-electron chi connectivity index (χ4n) is 7.87. The standard InChI is InChI=1S/C68H111O11P/c1-4-7-10-13-16-19-22-25-28-30-32-34-37-40-43-46-49-52-55-58-67(71)78-64(60-69)62-76-80(73,74)77-63-65(61-75-66(70)57-54-51-48-45-42-39-36-27-24-21-18-15-12-9-6-3)79-68(72)59-56-53-50-47-44-41-38-35-33-31-29-26-23-20-17-14-11-8-5-2/h8-9,11-12,16-21,25-29,32-36,42,45,64-65,69H,4-7,10,13-15,22-24,30-31,37-41,43-44,46-63H2,1-3H3,(H,73,74)/b11-8-,12-9-,19-16-,20-17-,21-18-,28-25-,29-26-,34-32-,35-33-,36-27-,45-42-. The quantitative estimate of drug-likeness (QED) is 0.0197. The smallest absolute Gasteiger partial charge is 0.462 e. The van der Waals surface area contributed by atoms with Crippen molar-refractivity contribution in [3.63, 3.8) is 0 Å². The number of hydrogen-bond acceptors (Lipinski definition) is 10. The Hall–Kier alpha value is -4.38. The van der Waals surface area contributed by atoms with Crippen molar-refractivity contribution in [3.8, 4) is 0 Å². The van der Waals surface area contributed by atoms with Crippen LogP contribution in [0.5, 0.6) is 0 Å². The van der Waals surface area contributed by atoms with Crippen molar-refractivity contribution in [1.29, 1.82) is 0 Å². The van der Waals surface area contributed by atoms with Crippen LogP contribution in [0, 0.1) is 0 Å². The van der Waals surface area contributed by atoms with Crippen molar-refractivity contribution >= 4 is 25.7 Å². The Balaban J connectivity index is 4.79. The van der Waals surface area contributed by atoms with Gasteiger partial charge in [0.2, 0.25) is 0 Å². The lowest BCUT2D eigenvalue weighted by Crippen LogP contribution is -2.30. The van der Waals surface area contributed by atoms with Gasteiger partial charge < -0.3 is 24.2 Å².